The van der Waals surface area contributed by atoms with Crippen LogP contribution >= 0.6 is 11.3 Å². The van der Waals surface area contributed by atoms with Crippen molar-refractivity contribution >= 4 is 39.7 Å². The van der Waals surface area contributed by atoms with Gasteiger partial charge in [-0.15, -0.1) is 11.3 Å². The van der Waals surface area contributed by atoms with Gasteiger partial charge in [-0.25, -0.2) is 9.78 Å². The number of hydrogen-bond acceptors (Lipinski definition) is 7. The average Bonchev–Trinajstić information content (AvgIpc) is 3.17. The van der Waals surface area contributed by atoms with Gasteiger partial charge < -0.3 is 20.1 Å². The van der Waals surface area contributed by atoms with Crippen molar-refractivity contribution < 1.29 is 27.8 Å². The van der Waals surface area contributed by atoms with Crippen LogP contribution in [0.2, 0.25) is 0 Å². The minimum Gasteiger partial charge on any atom is -0.465 e. The van der Waals surface area contributed by atoms with E-state index < -0.39 is 18.5 Å². The summed E-state index contributed by atoms with van der Waals surface area (Å²) >= 11 is 1.19. The quantitative estimate of drug-likeness (QED) is 0.547. The molecule has 10 heteroatoms. The Balaban J connectivity index is 1.67. The van der Waals surface area contributed by atoms with Gasteiger partial charge in [-0.2, -0.15) is 8.78 Å². The molecular weight excluding hydrogens is 404 g/mol. The van der Waals surface area contributed by atoms with E-state index in [0.29, 0.717) is 16.5 Å². The summed E-state index contributed by atoms with van der Waals surface area (Å²) < 4.78 is 33.4. The summed E-state index contributed by atoms with van der Waals surface area (Å²) in [4.78, 5) is 28.4. The van der Waals surface area contributed by atoms with Crippen LogP contribution in [0.4, 0.5) is 25.3 Å². The molecule has 1 aromatic heterocycles. The van der Waals surface area contributed by atoms with Gasteiger partial charge in [0, 0.05) is 11.1 Å². The van der Waals surface area contributed by atoms with Gasteiger partial charge in [0.05, 0.1) is 18.4 Å². The first-order chi connectivity index (χ1) is 14.0. The number of rotatable bonds is 7. The lowest BCUT2D eigenvalue weighted by Gasteiger charge is -2.08. The van der Waals surface area contributed by atoms with E-state index in [1.54, 1.807) is 35.7 Å². The molecule has 0 saturated heterocycles. The second kappa shape index (κ2) is 9.11. The minimum atomic E-state index is -2.89. The van der Waals surface area contributed by atoms with Crippen molar-refractivity contribution in [1.82, 2.24) is 4.98 Å². The number of hydrogen-bond donors (Lipinski definition) is 2. The molecule has 0 atom stereocenters. The van der Waals surface area contributed by atoms with Crippen LogP contribution in [0.5, 0.6) is 5.75 Å². The molecule has 0 aliphatic carbocycles. The van der Waals surface area contributed by atoms with Gasteiger partial charge in [-0.3, -0.25) is 4.79 Å². The van der Waals surface area contributed by atoms with Crippen LogP contribution in [-0.4, -0.2) is 30.6 Å². The average molecular weight is 419 g/mol. The van der Waals surface area contributed by atoms with Crippen molar-refractivity contribution in [3.05, 3.63) is 65.2 Å². The molecule has 2 aromatic carbocycles. The predicted molar refractivity (Wildman–Crippen MR) is 104 cm³/mol. The summed E-state index contributed by atoms with van der Waals surface area (Å²) in [5.74, 6) is -1.03. The third-order valence-electron chi connectivity index (χ3n) is 3.65. The molecule has 0 fully saturated rings. The first-order valence-electron chi connectivity index (χ1n) is 8.22. The van der Waals surface area contributed by atoms with E-state index in [2.05, 4.69) is 20.4 Å². The topological polar surface area (TPSA) is 89.5 Å². The fourth-order valence-electron chi connectivity index (χ4n) is 2.35. The van der Waals surface area contributed by atoms with Gasteiger partial charge in [0.2, 0.25) is 0 Å². The number of alkyl halides is 2. The largest absolute Gasteiger partial charge is 0.465 e. The fraction of sp³-hybridized carbons (Fsp3) is 0.105. The minimum absolute atomic E-state index is 0.0361. The molecule has 1 heterocycles. The lowest BCUT2D eigenvalue weighted by molar-refractivity contribution is -0.0498. The number of carbonyl (C=O) groups is 2. The van der Waals surface area contributed by atoms with Crippen LogP contribution in [0.25, 0.3) is 0 Å². The Morgan fingerprint density at radius 2 is 1.83 bits per heavy atom. The second-order valence-corrected chi connectivity index (χ2v) is 6.42. The SMILES string of the molecule is COC(=O)c1ccccc1NC(=O)c1csc(Nc2ccc(OC(F)F)cc2)n1. The smallest absolute Gasteiger partial charge is 0.387 e. The number of methoxy groups -OCH3 is 1. The van der Waals surface area contributed by atoms with Crippen LogP contribution in [-0.2, 0) is 4.74 Å². The highest BCUT2D eigenvalue weighted by molar-refractivity contribution is 7.14. The summed E-state index contributed by atoms with van der Waals surface area (Å²) in [7, 11) is 1.26. The lowest BCUT2D eigenvalue weighted by Crippen LogP contribution is -2.15. The van der Waals surface area contributed by atoms with Gasteiger partial charge in [-0.05, 0) is 36.4 Å². The Hall–Kier alpha value is -3.53. The van der Waals surface area contributed by atoms with Gasteiger partial charge in [0.25, 0.3) is 5.91 Å². The summed E-state index contributed by atoms with van der Waals surface area (Å²) in [6, 6.07) is 12.3. The van der Waals surface area contributed by atoms with E-state index in [9.17, 15) is 18.4 Å². The number of thiazole rings is 1. The zero-order valence-corrected chi connectivity index (χ0v) is 15.8. The number of benzene rings is 2. The van der Waals surface area contributed by atoms with Crippen molar-refractivity contribution in [2.45, 2.75) is 6.61 Å². The number of aromatic nitrogens is 1. The fourth-order valence-corrected chi connectivity index (χ4v) is 3.06. The number of halogens is 2. The number of ether oxygens (including phenoxy) is 2. The predicted octanol–water partition coefficient (Wildman–Crippen LogP) is 4.53. The van der Waals surface area contributed by atoms with Crippen LogP contribution in [0.1, 0.15) is 20.8 Å². The Labute approximate surface area is 168 Å². The number of para-hydroxylation sites is 1. The van der Waals surface area contributed by atoms with Gasteiger partial charge in [0.1, 0.15) is 11.4 Å². The second-order valence-electron chi connectivity index (χ2n) is 5.56. The van der Waals surface area contributed by atoms with E-state index in [1.165, 1.54) is 36.6 Å². The highest BCUT2D eigenvalue weighted by Crippen LogP contribution is 2.24. The van der Waals surface area contributed by atoms with Gasteiger partial charge >= 0.3 is 12.6 Å². The van der Waals surface area contributed by atoms with Crippen LogP contribution in [0, 0.1) is 0 Å². The first kappa shape index (κ1) is 20.2. The molecule has 150 valence electrons. The Bertz CT molecular complexity index is 1010. The lowest BCUT2D eigenvalue weighted by atomic mass is 10.2. The van der Waals surface area contributed by atoms with E-state index >= 15 is 0 Å². The first-order valence-corrected chi connectivity index (χ1v) is 9.10. The molecule has 29 heavy (non-hydrogen) atoms. The zero-order chi connectivity index (χ0) is 20.8. The number of anilines is 3. The zero-order valence-electron chi connectivity index (χ0n) is 15.0. The van der Waals surface area contributed by atoms with Gasteiger partial charge in [0.15, 0.2) is 5.13 Å². The molecule has 1 amide bonds. The van der Waals surface area contributed by atoms with Crippen molar-refractivity contribution in [3.8, 4) is 5.75 Å². The summed E-state index contributed by atoms with van der Waals surface area (Å²) in [5.41, 5.74) is 1.27. The Morgan fingerprint density at radius 3 is 2.52 bits per heavy atom. The maximum Gasteiger partial charge on any atom is 0.387 e. The van der Waals surface area contributed by atoms with E-state index in [1.807, 2.05) is 0 Å². The van der Waals surface area contributed by atoms with Crippen LogP contribution in [0.3, 0.4) is 0 Å². The highest BCUT2D eigenvalue weighted by Gasteiger charge is 2.16. The highest BCUT2D eigenvalue weighted by atomic mass is 32.1. The maximum absolute atomic E-state index is 12.5. The summed E-state index contributed by atoms with van der Waals surface area (Å²) in [6.45, 7) is -2.89. The Kier molecular flexibility index (Phi) is 6.35. The molecule has 0 radical (unpaired) electrons. The number of nitrogens with one attached hydrogen (secondary N) is 2. The number of esters is 1. The van der Waals surface area contributed by atoms with E-state index in [-0.39, 0.29) is 17.0 Å². The molecule has 0 aliphatic rings. The third kappa shape index (κ3) is 5.26. The molecule has 0 spiro atoms. The van der Waals surface area contributed by atoms with Gasteiger partial charge in [-0.1, -0.05) is 12.1 Å². The molecule has 3 aromatic rings. The van der Waals surface area contributed by atoms with Crippen molar-refractivity contribution in [2.24, 2.45) is 0 Å². The molecule has 2 N–H and O–H groups in total. The summed E-state index contributed by atoms with van der Waals surface area (Å²) in [6.07, 6.45) is 0. The number of amides is 1. The van der Waals surface area contributed by atoms with Crippen molar-refractivity contribution in [3.63, 3.8) is 0 Å². The third-order valence-corrected chi connectivity index (χ3v) is 4.41. The molecule has 7 nitrogen and oxygen atoms in total. The number of carbonyl (C=O) groups excluding carboxylic acids is 2. The van der Waals surface area contributed by atoms with E-state index in [0.717, 1.165) is 0 Å². The molecule has 0 bridgehead atoms. The molecular formula is C19H15F2N3O4S. The molecule has 3 rings (SSSR count). The normalized spacial score (nSPS) is 10.5. The van der Waals surface area contributed by atoms with Crippen molar-refractivity contribution in [2.75, 3.05) is 17.7 Å². The van der Waals surface area contributed by atoms with Crippen LogP contribution in [0.15, 0.2) is 53.9 Å². The molecule has 0 aliphatic heterocycles. The number of nitrogens with zero attached hydrogens (tertiary/aromatic N) is 1. The summed E-state index contributed by atoms with van der Waals surface area (Å²) in [5, 5.41) is 7.58. The standard InChI is InChI=1S/C19H15F2N3O4S/c1-27-17(26)13-4-2-3-5-14(13)23-16(25)15-10-29-19(24-15)22-11-6-8-12(9-7-11)28-18(20)21/h2-10,18H,1H3,(H,22,24)(H,23,25). The molecule has 0 saturated carbocycles. The van der Waals surface area contributed by atoms with Crippen LogP contribution < -0.4 is 15.4 Å². The molecule has 0 unspecified atom stereocenters. The van der Waals surface area contributed by atoms with E-state index in [4.69, 9.17) is 4.74 Å². The Morgan fingerprint density at radius 1 is 1.10 bits per heavy atom. The maximum atomic E-state index is 12.5. The monoisotopic (exact) mass is 419 g/mol. The van der Waals surface area contributed by atoms with Crippen molar-refractivity contribution in [1.29, 1.82) is 0 Å².